The van der Waals surface area contributed by atoms with Crippen LogP contribution in [0.2, 0.25) is 0 Å². The summed E-state index contributed by atoms with van der Waals surface area (Å²) in [4.78, 5) is 2.63. The predicted molar refractivity (Wildman–Crippen MR) is 86.1 cm³/mol. The highest BCUT2D eigenvalue weighted by molar-refractivity contribution is 5.28. The summed E-state index contributed by atoms with van der Waals surface area (Å²) in [5, 5.41) is 4.73. The number of nitrogens with zero attached hydrogens (tertiary/aromatic N) is 3. The zero-order valence-electron chi connectivity index (χ0n) is 14.0. The van der Waals surface area contributed by atoms with Gasteiger partial charge >= 0.3 is 0 Å². The molecule has 0 amide bonds. The van der Waals surface area contributed by atoms with Gasteiger partial charge in [-0.25, -0.2) is 0 Å². The lowest BCUT2D eigenvalue weighted by Gasteiger charge is -2.29. The van der Waals surface area contributed by atoms with E-state index in [1.807, 2.05) is 11.7 Å². The van der Waals surface area contributed by atoms with Crippen molar-refractivity contribution < 1.29 is 0 Å². The fourth-order valence-electron chi connectivity index (χ4n) is 4.33. The first kappa shape index (κ1) is 15.0. The van der Waals surface area contributed by atoms with Crippen molar-refractivity contribution in [3.05, 3.63) is 17.5 Å². The molecule has 0 radical (unpaired) electrons. The second kappa shape index (κ2) is 5.40. The van der Waals surface area contributed by atoms with Gasteiger partial charge in [-0.05, 0) is 24.7 Å². The van der Waals surface area contributed by atoms with Crippen LogP contribution in [0, 0.1) is 11.8 Å². The van der Waals surface area contributed by atoms with Crippen molar-refractivity contribution in [1.82, 2.24) is 14.7 Å². The Labute approximate surface area is 128 Å². The topological polar surface area (TPSA) is 47.1 Å². The third-order valence-corrected chi connectivity index (χ3v) is 5.35. The summed E-state index contributed by atoms with van der Waals surface area (Å²) in [6.45, 7) is 9.87. The maximum atomic E-state index is 6.18. The average molecular weight is 290 g/mol. The Bertz CT molecular complexity index is 487. The van der Waals surface area contributed by atoms with Gasteiger partial charge in [-0.1, -0.05) is 27.2 Å². The number of likely N-dealkylation sites (tertiary alicyclic amines) is 1. The van der Waals surface area contributed by atoms with Crippen LogP contribution in [0.5, 0.6) is 0 Å². The van der Waals surface area contributed by atoms with Crippen molar-refractivity contribution in [2.24, 2.45) is 24.6 Å². The van der Waals surface area contributed by atoms with Crippen molar-refractivity contribution >= 4 is 0 Å². The molecule has 4 heteroatoms. The van der Waals surface area contributed by atoms with E-state index >= 15 is 0 Å². The highest BCUT2D eigenvalue weighted by Crippen LogP contribution is 2.41. The zero-order valence-corrected chi connectivity index (χ0v) is 14.0. The molecule has 2 N–H and O–H groups in total. The molecular formula is C17H30N4. The Morgan fingerprint density at radius 3 is 2.43 bits per heavy atom. The summed E-state index contributed by atoms with van der Waals surface area (Å²) >= 11 is 0. The molecule has 2 fully saturated rings. The molecule has 1 aliphatic heterocycles. The smallest absolute Gasteiger partial charge is 0.0726 e. The maximum absolute atomic E-state index is 6.18. The lowest BCUT2D eigenvalue weighted by molar-refractivity contribution is 0.229. The molecule has 3 rings (SSSR count). The third-order valence-electron chi connectivity index (χ3n) is 5.35. The summed E-state index contributed by atoms with van der Waals surface area (Å²) in [5.41, 5.74) is 8.79. The van der Waals surface area contributed by atoms with Crippen LogP contribution >= 0.6 is 0 Å². The minimum Gasteiger partial charge on any atom is -0.329 e. The summed E-state index contributed by atoms with van der Waals surface area (Å²) < 4.78 is 1.95. The van der Waals surface area contributed by atoms with Crippen LogP contribution in [0.15, 0.2) is 6.20 Å². The third kappa shape index (κ3) is 2.76. The van der Waals surface area contributed by atoms with Crippen molar-refractivity contribution in [1.29, 1.82) is 0 Å². The van der Waals surface area contributed by atoms with Gasteiger partial charge in [0.15, 0.2) is 0 Å². The molecule has 4 nitrogen and oxygen atoms in total. The van der Waals surface area contributed by atoms with Crippen LogP contribution in [-0.2, 0) is 12.5 Å². The molecule has 1 saturated heterocycles. The first-order valence-electron chi connectivity index (χ1n) is 8.38. The van der Waals surface area contributed by atoms with E-state index in [1.165, 1.54) is 43.6 Å². The molecule has 2 aliphatic rings. The molecule has 1 aromatic heterocycles. The summed E-state index contributed by atoms with van der Waals surface area (Å²) in [6.07, 6.45) is 6.44. The number of hydrogen-bond donors (Lipinski definition) is 1. The summed E-state index contributed by atoms with van der Waals surface area (Å²) in [6, 6.07) is 0.332. The van der Waals surface area contributed by atoms with Crippen LogP contribution < -0.4 is 5.73 Å². The highest BCUT2D eigenvalue weighted by atomic mass is 15.3. The molecule has 2 heterocycles. The van der Waals surface area contributed by atoms with Crippen molar-refractivity contribution in [2.45, 2.75) is 51.5 Å². The Hall–Kier alpha value is -0.870. The molecule has 1 saturated carbocycles. The van der Waals surface area contributed by atoms with Crippen LogP contribution in [0.4, 0.5) is 0 Å². The number of aromatic nitrogens is 2. The van der Waals surface area contributed by atoms with Gasteiger partial charge in [-0.15, -0.1) is 0 Å². The first-order chi connectivity index (χ1) is 9.90. The lowest BCUT2D eigenvalue weighted by Crippen LogP contribution is -2.34. The number of aryl methyl sites for hydroxylation is 1. The van der Waals surface area contributed by atoms with E-state index in [4.69, 9.17) is 10.8 Å². The van der Waals surface area contributed by atoms with E-state index in [-0.39, 0.29) is 5.41 Å². The van der Waals surface area contributed by atoms with E-state index in [0.717, 1.165) is 11.8 Å². The maximum Gasteiger partial charge on any atom is 0.0726 e. The molecule has 0 aromatic carbocycles. The van der Waals surface area contributed by atoms with Crippen molar-refractivity contribution in [3.63, 3.8) is 0 Å². The fraction of sp³-hybridized carbons (Fsp3) is 0.824. The van der Waals surface area contributed by atoms with Gasteiger partial charge in [-0.2, -0.15) is 5.10 Å². The normalized spacial score (nSPS) is 28.0. The zero-order chi connectivity index (χ0) is 15.2. The molecule has 21 heavy (non-hydrogen) atoms. The Kier molecular flexibility index (Phi) is 3.87. The largest absolute Gasteiger partial charge is 0.329 e. The molecule has 0 bridgehead atoms. The van der Waals surface area contributed by atoms with Gasteiger partial charge in [0, 0.05) is 43.9 Å². The van der Waals surface area contributed by atoms with Crippen LogP contribution in [0.25, 0.3) is 0 Å². The van der Waals surface area contributed by atoms with Gasteiger partial charge in [0.05, 0.1) is 11.7 Å². The number of hydrogen-bond acceptors (Lipinski definition) is 3. The van der Waals surface area contributed by atoms with Gasteiger partial charge in [0.25, 0.3) is 0 Å². The van der Waals surface area contributed by atoms with E-state index in [2.05, 4.69) is 31.9 Å². The van der Waals surface area contributed by atoms with E-state index in [0.29, 0.717) is 12.6 Å². The predicted octanol–water partition coefficient (Wildman–Crippen LogP) is 2.45. The second-order valence-corrected chi connectivity index (χ2v) is 8.01. The molecule has 3 unspecified atom stereocenters. The average Bonchev–Trinajstić information content (AvgIpc) is 3.03. The van der Waals surface area contributed by atoms with Crippen LogP contribution in [-0.4, -0.2) is 34.3 Å². The Morgan fingerprint density at radius 2 is 1.90 bits per heavy atom. The number of rotatable bonds is 3. The SMILES string of the molecule is Cn1cc(C(CN)N2CC3CCCC3C2)c(C(C)(C)C)n1. The van der Waals surface area contributed by atoms with Crippen molar-refractivity contribution in [3.8, 4) is 0 Å². The van der Waals surface area contributed by atoms with Crippen LogP contribution in [0.1, 0.15) is 57.3 Å². The summed E-state index contributed by atoms with van der Waals surface area (Å²) in [7, 11) is 2.02. The first-order valence-corrected chi connectivity index (χ1v) is 8.38. The minimum absolute atomic E-state index is 0.0691. The van der Waals surface area contributed by atoms with E-state index < -0.39 is 0 Å². The summed E-state index contributed by atoms with van der Waals surface area (Å²) in [5.74, 6) is 1.82. The molecule has 3 atom stereocenters. The van der Waals surface area contributed by atoms with E-state index in [1.54, 1.807) is 0 Å². The number of fused-ring (bicyclic) bond motifs is 1. The minimum atomic E-state index is 0.0691. The van der Waals surface area contributed by atoms with Crippen molar-refractivity contribution in [2.75, 3.05) is 19.6 Å². The van der Waals surface area contributed by atoms with Crippen LogP contribution in [0.3, 0.4) is 0 Å². The molecule has 0 spiro atoms. The van der Waals surface area contributed by atoms with Gasteiger partial charge in [-0.3, -0.25) is 9.58 Å². The van der Waals surface area contributed by atoms with Gasteiger partial charge < -0.3 is 5.73 Å². The molecule has 1 aliphatic carbocycles. The molecular weight excluding hydrogens is 260 g/mol. The van der Waals surface area contributed by atoms with E-state index in [9.17, 15) is 0 Å². The Morgan fingerprint density at radius 1 is 1.29 bits per heavy atom. The van der Waals surface area contributed by atoms with Gasteiger partial charge in [0.1, 0.15) is 0 Å². The Balaban J connectivity index is 1.87. The molecule has 1 aromatic rings. The monoisotopic (exact) mass is 290 g/mol. The fourth-order valence-corrected chi connectivity index (χ4v) is 4.33. The quantitative estimate of drug-likeness (QED) is 0.930. The second-order valence-electron chi connectivity index (χ2n) is 8.01. The lowest BCUT2D eigenvalue weighted by atomic mass is 9.87. The highest BCUT2D eigenvalue weighted by Gasteiger charge is 2.40. The standard InChI is InChI=1S/C17H30N4/c1-17(2,3)16-14(11-20(4)19-16)15(8-18)21-9-12-6-5-7-13(12)10-21/h11-13,15H,5-10,18H2,1-4H3. The van der Waals surface area contributed by atoms with Gasteiger partial charge in [0.2, 0.25) is 0 Å². The number of nitrogens with two attached hydrogens (primary N) is 1. The molecule has 118 valence electrons.